The Balaban J connectivity index is 1.98. The summed E-state index contributed by atoms with van der Waals surface area (Å²) in [5.41, 5.74) is -2.08. The van der Waals surface area contributed by atoms with Crippen molar-refractivity contribution in [3.63, 3.8) is 0 Å². The van der Waals surface area contributed by atoms with Crippen LogP contribution in [-0.4, -0.2) is 35.2 Å². The molecule has 1 heterocycles. The lowest BCUT2D eigenvalue weighted by Crippen LogP contribution is -2.56. The summed E-state index contributed by atoms with van der Waals surface area (Å²) >= 11 is 0. The van der Waals surface area contributed by atoms with E-state index in [4.69, 9.17) is 0 Å². The molecule has 2 N–H and O–H groups in total. The van der Waals surface area contributed by atoms with Crippen molar-refractivity contribution >= 4 is 6.09 Å². The van der Waals surface area contributed by atoms with Gasteiger partial charge >= 0.3 is 12.3 Å². The van der Waals surface area contributed by atoms with Gasteiger partial charge in [0.05, 0.1) is 11.1 Å². The van der Waals surface area contributed by atoms with Gasteiger partial charge in [0.2, 0.25) is 0 Å². The summed E-state index contributed by atoms with van der Waals surface area (Å²) in [4.78, 5) is 13.1. The third-order valence-corrected chi connectivity index (χ3v) is 5.26. The number of nitrogens with one attached hydrogen (secondary N) is 1. The predicted molar refractivity (Wildman–Crippen MR) is 82.7 cm³/mol. The second kappa shape index (κ2) is 6.48. The molecule has 0 unspecified atom stereocenters. The van der Waals surface area contributed by atoms with Crippen LogP contribution >= 0.6 is 0 Å². The molecule has 8 heteroatoms. The Morgan fingerprint density at radius 3 is 2.48 bits per heavy atom. The molecule has 1 aromatic carbocycles. The molecule has 0 aromatic heterocycles. The van der Waals surface area contributed by atoms with Gasteiger partial charge in [-0.15, -0.1) is 0 Å². The van der Waals surface area contributed by atoms with Crippen LogP contribution in [0.1, 0.15) is 43.2 Å². The molecule has 1 aromatic rings. The molecule has 1 aliphatic heterocycles. The van der Waals surface area contributed by atoms with Crippen LogP contribution in [0.15, 0.2) is 18.2 Å². The summed E-state index contributed by atoms with van der Waals surface area (Å²) in [6.07, 6.45) is -2.63. The lowest BCUT2D eigenvalue weighted by molar-refractivity contribution is -0.138. The van der Waals surface area contributed by atoms with Crippen LogP contribution in [0.5, 0.6) is 0 Å². The molecular formula is C17H20F4N2O2. The Kier molecular flexibility index (Phi) is 4.66. The SMILES string of the molecule is O=C(O)N(C[C@H]1CCCN1)C1(c2cc(F)cc(C(F)(F)F)c2)CCC1. The number of hydrogen-bond donors (Lipinski definition) is 2. The van der Waals surface area contributed by atoms with Gasteiger partial charge in [-0.3, -0.25) is 4.90 Å². The minimum atomic E-state index is -4.68. The van der Waals surface area contributed by atoms with E-state index in [1.807, 2.05) is 0 Å². The molecule has 138 valence electrons. The van der Waals surface area contributed by atoms with Gasteiger partial charge in [0.15, 0.2) is 0 Å². The van der Waals surface area contributed by atoms with Crippen LogP contribution < -0.4 is 5.32 Å². The van der Waals surface area contributed by atoms with Gasteiger partial charge in [-0.2, -0.15) is 13.2 Å². The fraction of sp³-hybridized carbons (Fsp3) is 0.588. The number of carboxylic acid groups (broad SMARTS) is 1. The summed E-state index contributed by atoms with van der Waals surface area (Å²) in [6, 6.07) is 2.34. The maximum absolute atomic E-state index is 13.8. The number of benzene rings is 1. The average Bonchev–Trinajstić information content (AvgIpc) is 2.96. The minimum absolute atomic E-state index is 0.0239. The van der Waals surface area contributed by atoms with E-state index >= 15 is 0 Å². The summed E-state index contributed by atoms with van der Waals surface area (Å²) in [7, 11) is 0. The number of halogens is 4. The quantitative estimate of drug-likeness (QED) is 0.800. The van der Waals surface area contributed by atoms with E-state index in [1.165, 1.54) is 4.90 Å². The molecule has 1 saturated carbocycles. The molecule has 4 nitrogen and oxygen atoms in total. The van der Waals surface area contributed by atoms with Crippen molar-refractivity contribution in [3.05, 3.63) is 35.1 Å². The lowest BCUT2D eigenvalue weighted by atomic mass is 9.70. The molecule has 0 spiro atoms. The van der Waals surface area contributed by atoms with E-state index < -0.39 is 29.2 Å². The molecule has 1 amide bonds. The van der Waals surface area contributed by atoms with Gasteiger partial charge in [-0.25, -0.2) is 9.18 Å². The number of hydrogen-bond acceptors (Lipinski definition) is 2. The molecule has 1 aliphatic carbocycles. The van der Waals surface area contributed by atoms with Crippen LogP contribution in [0.2, 0.25) is 0 Å². The van der Waals surface area contributed by atoms with Crippen LogP contribution in [0.4, 0.5) is 22.4 Å². The molecule has 1 saturated heterocycles. The molecular weight excluding hydrogens is 340 g/mol. The highest BCUT2D eigenvalue weighted by Gasteiger charge is 2.48. The topological polar surface area (TPSA) is 52.6 Å². The summed E-state index contributed by atoms with van der Waals surface area (Å²) in [6.45, 7) is 0.983. The van der Waals surface area contributed by atoms with Gasteiger partial charge in [0, 0.05) is 12.6 Å². The van der Waals surface area contributed by atoms with Crippen LogP contribution in [0, 0.1) is 5.82 Å². The van der Waals surface area contributed by atoms with Crippen molar-refractivity contribution < 1.29 is 27.5 Å². The maximum atomic E-state index is 13.8. The van der Waals surface area contributed by atoms with E-state index in [1.54, 1.807) is 0 Å². The maximum Gasteiger partial charge on any atom is 0.416 e. The van der Waals surface area contributed by atoms with E-state index in [-0.39, 0.29) is 18.2 Å². The van der Waals surface area contributed by atoms with Crippen LogP contribution in [0.3, 0.4) is 0 Å². The van der Waals surface area contributed by atoms with Gasteiger partial charge in [0.1, 0.15) is 5.82 Å². The van der Waals surface area contributed by atoms with E-state index in [0.29, 0.717) is 25.3 Å². The zero-order chi connectivity index (χ0) is 18.2. The number of rotatable bonds is 4. The summed E-state index contributed by atoms with van der Waals surface area (Å²) in [5.74, 6) is -1.000. The Morgan fingerprint density at radius 1 is 1.28 bits per heavy atom. The Labute approximate surface area is 142 Å². The first-order chi connectivity index (χ1) is 11.7. The Morgan fingerprint density at radius 2 is 2.00 bits per heavy atom. The highest BCUT2D eigenvalue weighted by Crippen LogP contribution is 2.48. The van der Waals surface area contributed by atoms with Crippen molar-refractivity contribution in [2.45, 2.75) is 49.9 Å². The molecule has 1 atom stereocenters. The first-order valence-corrected chi connectivity index (χ1v) is 8.34. The molecule has 2 aliphatic rings. The van der Waals surface area contributed by atoms with Gasteiger partial charge in [-0.05, 0) is 62.4 Å². The zero-order valence-corrected chi connectivity index (χ0v) is 13.6. The van der Waals surface area contributed by atoms with Crippen LogP contribution in [0.25, 0.3) is 0 Å². The summed E-state index contributed by atoms with van der Waals surface area (Å²) in [5, 5.41) is 12.9. The lowest BCUT2D eigenvalue weighted by Gasteiger charge is -2.50. The number of amides is 1. The Bertz CT molecular complexity index is 653. The van der Waals surface area contributed by atoms with E-state index in [9.17, 15) is 27.5 Å². The third kappa shape index (κ3) is 3.44. The van der Waals surface area contributed by atoms with Gasteiger partial charge < -0.3 is 10.4 Å². The molecule has 2 fully saturated rings. The molecule has 25 heavy (non-hydrogen) atoms. The van der Waals surface area contributed by atoms with E-state index in [2.05, 4.69) is 5.32 Å². The standard InChI is InChI=1S/C17H20F4N2O2/c18-13-8-11(7-12(9-13)17(19,20)21)16(4-2-5-16)23(15(24)25)10-14-3-1-6-22-14/h7-9,14,22H,1-6,10H2,(H,24,25)/t14-/m1/s1. The highest BCUT2D eigenvalue weighted by atomic mass is 19.4. The van der Waals surface area contributed by atoms with Crippen molar-refractivity contribution in [2.24, 2.45) is 0 Å². The largest absolute Gasteiger partial charge is 0.465 e. The molecule has 3 rings (SSSR count). The first-order valence-electron chi connectivity index (χ1n) is 8.34. The zero-order valence-electron chi connectivity index (χ0n) is 13.6. The monoisotopic (exact) mass is 360 g/mol. The second-order valence-electron chi connectivity index (χ2n) is 6.80. The van der Waals surface area contributed by atoms with Gasteiger partial charge in [-0.1, -0.05) is 0 Å². The molecule has 0 bridgehead atoms. The minimum Gasteiger partial charge on any atom is -0.465 e. The van der Waals surface area contributed by atoms with Crippen LogP contribution in [-0.2, 0) is 11.7 Å². The third-order valence-electron chi connectivity index (χ3n) is 5.26. The molecule has 0 radical (unpaired) electrons. The van der Waals surface area contributed by atoms with Crippen molar-refractivity contribution in [1.82, 2.24) is 10.2 Å². The average molecular weight is 360 g/mol. The van der Waals surface area contributed by atoms with Crippen molar-refractivity contribution in [2.75, 3.05) is 13.1 Å². The number of carbonyl (C=O) groups is 1. The fourth-order valence-corrected chi connectivity index (χ4v) is 3.82. The van der Waals surface area contributed by atoms with Crippen molar-refractivity contribution in [3.8, 4) is 0 Å². The van der Waals surface area contributed by atoms with Gasteiger partial charge in [0.25, 0.3) is 0 Å². The summed E-state index contributed by atoms with van der Waals surface area (Å²) < 4.78 is 53.0. The first kappa shape index (κ1) is 18.0. The predicted octanol–water partition coefficient (Wildman–Crippen LogP) is 3.96. The Hall–Kier alpha value is -1.83. The second-order valence-corrected chi connectivity index (χ2v) is 6.80. The van der Waals surface area contributed by atoms with Crippen molar-refractivity contribution in [1.29, 1.82) is 0 Å². The smallest absolute Gasteiger partial charge is 0.416 e. The fourth-order valence-electron chi connectivity index (χ4n) is 3.82. The van der Waals surface area contributed by atoms with E-state index in [0.717, 1.165) is 31.5 Å². The number of alkyl halides is 3. The number of nitrogens with zero attached hydrogens (tertiary/aromatic N) is 1. The highest BCUT2D eigenvalue weighted by molar-refractivity contribution is 5.67. The normalized spacial score (nSPS) is 22.5.